The van der Waals surface area contributed by atoms with Crippen LogP contribution >= 0.6 is 0 Å². The van der Waals surface area contributed by atoms with Gasteiger partial charge in [0, 0.05) is 18.0 Å². The van der Waals surface area contributed by atoms with E-state index in [9.17, 15) is 0 Å². The van der Waals surface area contributed by atoms with Gasteiger partial charge in [-0.3, -0.25) is 0 Å². The van der Waals surface area contributed by atoms with Gasteiger partial charge >= 0.3 is 0 Å². The van der Waals surface area contributed by atoms with Crippen molar-refractivity contribution >= 4 is 0 Å². The van der Waals surface area contributed by atoms with E-state index in [0.717, 1.165) is 11.4 Å². The van der Waals surface area contributed by atoms with Gasteiger partial charge in [0.25, 0.3) is 0 Å². The summed E-state index contributed by atoms with van der Waals surface area (Å²) in [6.45, 7) is 1.91. The Hall–Kier alpha value is -1.70. The maximum absolute atomic E-state index is 4.24. The molecule has 0 fully saturated rings. The average molecular weight is 210 g/mol. The van der Waals surface area contributed by atoms with Crippen molar-refractivity contribution in [2.75, 3.05) is 0 Å². The molecule has 0 atom stereocenters. The molecular formula is C14H14N2. The van der Waals surface area contributed by atoms with E-state index in [0.29, 0.717) is 0 Å². The van der Waals surface area contributed by atoms with Gasteiger partial charge in [0.1, 0.15) is 5.82 Å². The van der Waals surface area contributed by atoms with Crippen LogP contribution in [0, 0.1) is 6.92 Å². The molecule has 0 saturated heterocycles. The summed E-state index contributed by atoms with van der Waals surface area (Å²) in [7, 11) is 0. The molecule has 16 heavy (non-hydrogen) atoms. The second-order valence-electron chi connectivity index (χ2n) is 4.36. The van der Waals surface area contributed by atoms with Crippen LogP contribution < -0.4 is 0 Å². The van der Waals surface area contributed by atoms with Gasteiger partial charge in [-0.2, -0.15) is 0 Å². The number of hydrogen-bond acceptors (Lipinski definition) is 2. The topological polar surface area (TPSA) is 25.8 Å². The maximum atomic E-state index is 4.24. The zero-order chi connectivity index (χ0) is 11.0. The molecular weight excluding hydrogens is 196 g/mol. The molecule has 3 rings (SSSR count). The molecule has 0 spiro atoms. The molecule has 2 aromatic rings. The number of aromatic nitrogens is 2. The summed E-state index contributed by atoms with van der Waals surface area (Å²) < 4.78 is 0. The minimum Gasteiger partial charge on any atom is -0.241 e. The monoisotopic (exact) mass is 210 g/mol. The van der Waals surface area contributed by atoms with Crippen LogP contribution in [0.2, 0.25) is 0 Å². The molecule has 80 valence electrons. The van der Waals surface area contributed by atoms with E-state index >= 15 is 0 Å². The van der Waals surface area contributed by atoms with Crippen molar-refractivity contribution < 1.29 is 0 Å². The van der Waals surface area contributed by atoms with Crippen molar-refractivity contribution in [3.8, 4) is 11.1 Å². The van der Waals surface area contributed by atoms with Crippen molar-refractivity contribution in [3.05, 3.63) is 47.5 Å². The highest BCUT2D eigenvalue weighted by atomic mass is 14.8. The van der Waals surface area contributed by atoms with Gasteiger partial charge < -0.3 is 0 Å². The molecule has 1 aliphatic carbocycles. The highest BCUT2D eigenvalue weighted by Gasteiger charge is 2.11. The van der Waals surface area contributed by atoms with Gasteiger partial charge in [0.05, 0.1) is 0 Å². The van der Waals surface area contributed by atoms with Crippen molar-refractivity contribution in [2.24, 2.45) is 0 Å². The minimum absolute atomic E-state index is 0.824. The minimum atomic E-state index is 0.824. The number of fused-ring (bicyclic) bond motifs is 1. The predicted octanol–water partition coefficient (Wildman–Crippen LogP) is 2.94. The second-order valence-corrected chi connectivity index (χ2v) is 4.36. The summed E-state index contributed by atoms with van der Waals surface area (Å²) in [5, 5.41) is 0. The fourth-order valence-corrected chi connectivity index (χ4v) is 2.29. The van der Waals surface area contributed by atoms with E-state index in [4.69, 9.17) is 0 Å². The van der Waals surface area contributed by atoms with Crippen LogP contribution in [-0.4, -0.2) is 9.97 Å². The molecule has 0 bridgehead atoms. The van der Waals surface area contributed by atoms with E-state index < -0.39 is 0 Å². The average Bonchev–Trinajstić information content (AvgIpc) is 2.77. The molecule has 0 saturated carbocycles. The fraction of sp³-hybridized carbons (Fsp3) is 0.286. The molecule has 0 N–H and O–H groups in total. The van der Waals surface area contributed by atoms with Crippen LogP contribution in [0.15, 0.2) is 30.6 Å². The third-order valence-corrected chi connectivity index (χ3v) is 3.21. The fourth-order valence-electron chi connectivity index (χ4n) is 2.29. The molecule has 1 aromatic carbocycles. The highest BCUT2D eigenvalue weighted by molar-refractivity contribution is 5.63. The first-order valence-corrected chi connectivity index (χ1v) is 5.74. The first-order valence-electron chi connectivity index (χ1n) is 5.74. The lowest BCUT2D eigenvalue weighted by Crippen LogP contribution is -1.89. The van der Waals surface area contributed by atoms with Gasteiger partial charge in [-0.15, -0.1) is 0 Å². The molecule has 2 nitrogen and oxygen atoms in total. The normalized spacial score (nSPS) is 13.8. The molecule has 2 heteroatoms. The third-order valence-electron chi connectivity index (χ3n) is 3.21. The van der Waals surface area contributed by atoms with Crippen LogP contribution in [0.25, 0.3) is 11.1 Å². The van der Waals surface area contributed by atoms with Crippen LogP contribution in [0.3, 0.4) is 0 Å². The van der Waals surface area contributed by atoms with Crippen LogP contribution in [0.4, 0.5) is 0 Å². The largest absolute Gasteiger partial charge is 0.241 e. The van der Waals surface area contributed by atoms with Crippen LogP contribution in [0.5, 0.6) is 0 Å². The van der Waals surface area contributed by atoms with Gasteiger partial charge in [0.15, 0.2) is 0 Å². The number of aryl methyl sites for hydroxylation is 3. The lowest BCUT2D eigenvalue weighted by atomic mass is 10.0. The van der Waals surface area contributed by atoms with E-state index in [1.54, 1.807) is 0 Å². The molecule has 1 aromatic heterocycles. The summed E-state index contributed by atoms with van der Waals surface area (Å²) >= 11 is 0. The third kappa shape index (κ3) is 1.60. The Morgan fingerprint density at radius 2 is 1.69 bits per heavy atom. The number of rotatable bonds is 1. The summed E-state index contributed by atoms with van der Waals surface area (Å²) in [6, 6.07) is 6.71. The molecule has 0 radical (unpaired) electrons. The summed E-state index contributed by atoms with van der Waals surface area (Å²) in [5.41, 5.74) is 5.36. The zero-order valence-corrected chi connectivity index (χ0v) is 9.40. The Morgan fingerprint density at radius 1 is 0.938 bits per heavy atom. The summed E-state index contributed by atoms with van der Waals surface area (Å²) in [4.78, 5) is 8.48. The Morgan fingerprint density at radius 3 is 2.50 bits per heavy atom. The quantitative estimate of drug-likeness (QED) is 0.723. The van der Waals surface area contributed by atoms with E-state index in [-0.39, 0.29) is 0 Å². The lowest BCUT2D eigenvalue weighted by Gasteiger charge is -2.04. The highest BCUT2D eigenvalue weighted by Crippen LogP contribution is 2.27. The smallest absolute Gasteiger partial charge is 0.125 e. The number of hydrogen-bond donors (Lipinski definition) is 0. The summed E-state index contributed by atoms with van der Waals surface area (Å²) in [5.74, 6) is 0.824. The Balaban J connectivity index is 2.03. The Bertz CT molecular complexity index is 515. The SMILES string of the molecule is Cc1ncc(-c2ccc3c(c2)CCC3)cn1. The molecule has 1 heterocycles. The predicted molar refractivity (Wildman–Crippen MR) is 64.2 cm³/mol. The lowest BCUT2D eigenvalue weighted by molar-refractivity contribution is 0.912. The van der Waals surface area contributed by atoms with Crippen molar-refractivity contribution in [3.63, 3.8) is 0 Å². The molecule has 0 aliphatic heterocycles. The standard InChI is InChI=1S/C14H14N2/c1-10-15-8-14(9-16-10)13-6-5-11-3-2-4-12(11)7-13/h5-9H,2-4H2,1H3. The van der Waals surface area contributed by atoms with Crippen molar-refractivity contribution in [1.29, 1.82) is 0 Å². The summed E-state index contributed by atoms with van der Waals surface area (Å²) in [6.07, 6.45) is 7.55. The number of benzene rings is 1. The van der Waals surface area contributed by atoms with Gasteiger partial charge in [-0.1, -0.05) is 18.2 Å². The van der Waals surface area contributed by atoms with Crippen molar-refractivity contribution in [1.82, 2.24) is 9.97 Å². The second kappa shape index (κ2) is 3.71. The zero-order valence-electron chi connectivity index (χ0n) is 9.40. The van der Waals surface area contributed by atoms with Gasteiger partial charge in [-0.25, -0.2) is 9.97 Å². The Labute approximate surface area is 95.4 Å². The molecule has 0 unspecified atom stereocenters. The first-order chi connectivity index (χ1) is 7.83. The van der Waals surface area contributed by atoms with Crippen molar-refractivity contribution in [2.45, 2.75) is 26.2 Å². The number of nitrogens with zero attached hydrogens (tertiary/aromatic N) is 2. The van der Waals surface area contributed by atoms with E-state index in [1.165, 1.54) is 36.0 Å². The van der Waals surface area contributed by atoms with Gasteiger partial charge in [0.2, 0.25) is 0 Å². The maximum Gasteiger partial charge on any atom is 0.125 e. The first kappa shape index (κ1) is 9.52. The van der Waals surface area contributed by atoms with E-state index in [1.807, 2.05) is 19.3 Å². The van der Waals surface area contributed by atoms with Gasteiger partial charge in [-0.05, 0) is 42.9 Å². The Kier molecular flexibility index (Phi) is 2.21. The van der Waals surface area contributed by atoms with Crippen LogP contribution in [-0.2, 0) is 12.8 Å². The van der Waals surface area contributed by atoms with E-state index in [2.05, 4.69) is 28.2 Å². The molecule has 0 amide bonds. The van der Waals surface area contributed by atoms with Crippen LogP contribution in [0.1, 0.15) is 23.4 Å². The molecule has 1 aliphatic rings.